The predicted octanol–water partition coefficient (Wildman–Crippen LogP) is 6.37. The number of hydrogen-bond acceptors (Lipinski definition) is 8. The van der Waals surface area contributed by atoms with Gasteiger partial charge >= 0.3 is 0 Å². The molecule has 1 aliphatic rings. The first kappa shape index (κ1) is 26.8. The predicted molar refractivity (Wildman–Crippen MR) is 154 cm³/mol. The Bertz CT molecular complexity index is 1120. The van der Waals surface area contributed by atoms with Crippen molar-refractivity contribution in [2.45, 2.75) is 51.0 Å². The summed E-state index contributed by atoms with van der Waals surface area (Å²) in [6, 6.07) is 16.3. The van der Waals surface area contributed by atoms with Crippen LogP contribution >= 0.6 is 11.6 Å². The Labute approximate surface area is 225 Å². The number of hydrogen-bond donors (Lipinski definition) is 2. The molecular formula is C28H38ClN7O. The van der Waals surface area contributed by atoms with E-state index < -0.39 is 0 Å². The molecular weight excluding hydrogens is 486 g/mol. The van der Waals surface area contributed by atoms with Crippen LogP contribution in [0.1, 0.15) is 44.9 Å². The largest absolute Gasteiger partial charge is 0.495 e. The molecule has 1 heterocycles. The molecule has 37 heavy (non-hydrogen) atoms. The number of anilines is 5. The first-order chi connectivity index (χ1) is 18.0. The number of ether oxygens (including phenoxy) is 1. The SMILES string of the molecule is COc1ccc(Nc2nc(NC3CCCCCC3)nc(N(C)CCCN(C)c3ccccc3)n2)cc1Cl. The summed E-state index contributed by atoms with van der Waals surface area (Å²) in [4.78, 5) is 18.6. The van der Waals surface area contributed by atoms with Gasteiger partial charge in [0.05, 0.1) is 12.1 Å². The van der Waals surface area contributed by atoms with Crippen LogP contribution in [0.3, 0.4) is 0 Å². The highest BCUT2D eigenvalue weighted by atomic mass is 35.5. The Hall–Kier alpha value is -3.26. The summed E-state index contributed by atoms with van der Waals surface area (Å²) < 4.78 is 5.28. The molecule has 1 aromatic heterocycles. The lowest BCUT2D eigenvalue weighted by molar-refractivity contribution is 0.415. The van der Waals surface area contributed by atoms with Crippen molar-refractivity contribution in [1.29, 1.82) is 0 Å². The molecule has 0 aliphatic heterocycles. The normalized spacial score (nSPS) is 14.1. The summed E-state index contributed by atoms with van der Waals surface area (Å²) in [5.41, 5.74) is 2.00. The Balaban J connectivity index is 1.48. The van der Waals surface area contributed by atoms with Crippen LogP contribution in [0.25, 0.3) is 0 Å². The maximum Gasteiger partial charge on any atom is 0.233 e. The van der Waals surface area contributed by atoms with Gasteiger partial charge in [0, 0.05) is 44.6 Å². The van der Waals surface area contributed by atoms with Crippen LogP contribution in [0.2, 0.25) is 5.02 Å². The number of nitrogens with zero attached hydrogens (tertiary/aromatic N) is 5. The first-order valence-electron chi connectivity index (χ1n) is 13.1. The van der Waals surface area contributed by atoms with E-state index in [4.69, 9.17) is 31.3 Å². The van der Waals surface area contributed by atoms with Crippen LogP contribution in [0.15, 0.2) is 48.5 Å². The molecule has 9 heteroatoms. The van der Waals surface area contributed by atoms with Gasteiger partial charge in [-0.1, -0.05) is 55.5 Å². The molecule has 1 fully saturated rings. The van der Waals surface area contributed by atoms with Crippen molar-refractivity contribution in [3.8, 4) is 5.75 Å². The fourth-order valence-corrected chi connectivity index (χ4v) is 4.85. The first-order valence-corrected chi connectivity index (χ1v) is 13.5. The second-order valence-electron chi connectivity index (χ2n) is 9.62. The molecule has 2 aromatic carbocycles. The van der Waals surface area contributed by atoms with Crippen LogP contribution in [-0.2, 0) is 0 Å². The molecule has 4 rings (SSSR count). The van der Waals surface area contributed by atoms with E-state index in [0.29, 0.717) is 34.7 Å². The number of para-hydroxylation sites is 1. The fourth-order valence-electron chi connectivity index (χ4n) is 4.59. The standard InChI is InChI=1S/C28H38ClN7O/c1-35(23-14-9-6-10-15-23)18-11-19-36(2)28-33-26(30-21-12-7-4-5-8-13-21)32-27(34-28)31-22-16-17-25(37-3)24(29)20-22/h6,9-10,14-17,20-21H,4-5,7-8,11-13,18-19H2,1-3H3,(H2,30,31,32,33,34). The molecule has 0 radical (unpaired) electrons. The van der Waals surface area contributed by atoms with E-state index in [-0.39, 0.29) is 0 Å². The summed E-state index contributed by atoms with van der Waals surface area (Å²) in [7, 11) is 5.75. The highest BCUT2D eigenvalue weighted by Crippen LogP contribution is 2.29. The monoisotopic (exact) mass is 523 g/mol. The fraction of sp³-hybridized carbons (Fsp3) is 0.464. The molecule has 1 saturated carbocycles. The van der Waals surface area contributed by atoms with Crippen molar-refractivity contribution in [3.63, 3.8) is 0 Å². The third kappa shape index (κ3) is 7.86. The second kappa shape index (κ2) is 13.3. The van der Waals surface area contributed by atoms with Gasteiger partial charge in [-0.25, -0.2) is 0 Å². The van der Waals surface area contributed by atoms with E-state index in [1.54, 1.807) is 7.11 Å². The molecule has 0 amide bonds. The number of methoxy groups -OCH3 is 1. The topological polar surface area (TPSA) is 78.4 Å². The van der Waals surface area contributed by atoms with Crippen molar-refractivity contribution < 1.29 is 4.74 Å². The molecule has 0 saturated heterocycles. The quantitative estimate of drug-likeness (QED) is 0.280. The average molecular weight is 524 g/mol. The molecule has 0 unspecified atom stereocenters. The molecule has 198 valence electrons. The number of aromatic nitrogens is 3. The molecule has 2 N–H and O–H groups in total. The van der Waals surface area contributed by atoms with Crippen molar-refractivity contribution in [2.75, 3.05) is 54.7 Å². The van der Waals surface area contributed by atoms with Crippen LogP contribution in [0, 0.1) is 0 Å². The Kier molecular flexibility index (Phi) is 9.65. The lowest BCUT2D eigenvalue weighted by Crippen LogP contribution is -2.27. The van der Waals surface area contributed by atoms with Crippen LogP contribution < -0.4 is 25.2 Å². The van der Waals surface area contributed by atoms with E-state index in [9.17, 15) is 0 Å². The Morgan fingerprint density at radius 2 is 1.59 bits per heavy atom. The summed E-state index contributed by atoms with van der Waals surface area (Å²) in [6.07, 6.45) is 8.31. The molecule has 0 spiro atoms. The van der Waals surface area contributed by atoms with E-state index >= 15 is 0 Å². The number of rotatable bonds is 11. The zero-order valence-electron chi connectivity index (χ0n) is 22.1. The summed E-state index contributed by atoms with van der Waals surface area (Å²) in [5, 5.41) is 7.41. The van der Waals surface area contributed by atoms with E-state index in [1.165, 1.54) is 31.4 Å². The van der Waals surface area contributed by atoms with E-state index in [1.807, 2.05) is 31.3 Å². The van der Waals surface area contributed by atoms with Crippen molar-refractivity contribution >= 4 is 40.8 Å². The maximum atomic E-state index is 6.34. The van der Waals surface area contributed by atoms with Gasteiger partial charge in [0.25, 0.3) is 0 Å². The average Bonchev–Trinajstić information content (AvgIpc) is 3.17. The van der Waals surface area contributed by atoms with Gasteiger partial charge in [-0.05, 0) is 49.6 Å². The molecule has 3 aromatic rings. The van der Waals surface area contributed by atoms with Gasteiger partial charge in [0.2, 0.25) is 17.8 Å². The van der Waals surface area contributed by atoms with Gasteiger partial charge in [-0.15, -0.1) is 0 Å². The third-order valence-electron chi connectivity index (χ3n) is 6.75. The lowest BCUT2D eigenvalue weighted by atomic mass is 10.1. The molecule has 8 nitrogen and oxygen atoms in total. The maximum absolute atomic E-state index is 6.34. The Morgan fingerprint density at radius 3 is 2.30 bits per heavy atom. The zero-order valence-corrected chi connectivity index (χ0v) is 22.8. The smallest absolute Gasteiger partial charge is 0.233 e. The number of benzene rings is 2. The van der Waals surface area contributed by atoms with Gasteiger partial charge in [0.1, 0.15) is 5.75 Å². The van der Waals surface area contributed by atoms with Crippen LogP contribution in [-0.4, -0.2) is 55.3 Å². The molecule has 0 bridgehead atoms. The van der Waals surface area contributed by atoms with Gasteiger partial charge in [0.15, 0.2) is 0 Å². The van der Waals surface area contributed by atoms with Crippen molar-refractivity contribution in [1.82, 2.24) is 15.0 Å². The van der Waals surface area contributed by atoms with E-state index in [0.717, 1.165) is 38.0 Å². The minimum Gasteiger partial charge on any atom is -0.495 e. The highest BCUT2D eigenvalue weighted by molar-refractivity contribution is 6.32. The number of halogens is 1. The summed E-state index contributed by atoms with van der Waals surface area (Å²) >= 11 is 6.34. The number of nitrogens with one attached hydrogen (secondary N) is 2. The van der Waals surface area contributed by atoms with E-state index in [2.05, 4.69) is 51.7 Å². The summed E-state index contributed by atoms with van der Waals surface area (Å²) in [6.45, 7) is 1.75. The van der Waals surface area contributed by atoms with Gasteiger partial charge in [-0.3, -0.25) is 0 Å². The lowest BCUT2D eigenvalue weighted by Gasteiger charge is -2.23. The van der Waals surface area contributed by atoms with Crippen LogP contribution in [0.4, 0.5) is 29.2 Å². The summed E-state index contributed by atoms with van der Waals surface area (Å²) in [5.74, 6) is 2.35. The minimum absolute atomic E-state index is 0.380. The van der Waals surface area contributed by atoms with Crippen molar-refractivity contribution in [3.05, 3.63) is 53.6 Å². The van der Waals surface area contributed by atoms with Crippen molar-refractivity contribution in [2.24, 2.45) is 0 Å². The molecule has 1 aliphatic carbocycles. The van der Waals surface area contributed by atoms with Crippen LogP contribution in [0.5, 0.6) is 5.75 Å². The molecule has 0 atom stereocenters. The Morgan fingerprint density at radius 1 is 0.892 bits per heavy atom. The highest BCUT2D eigenvalue weighted by Gasteiger charge is 2.17. The van der Waals surface area contributed by atoms with Gasteiger partial charge < -0.3 is 25.2 Å². The zero-order chi connectivity index (χ0) is 26.0. The minimum atomic E-state index is 0.380. The third-order valence-corrected chi connectivity index (χ3v) is 7.04. The van der Waals surface area contributed by atoms with Gasteiger partial charge in [-0.2, -0.15) is 15.0 Å². The second-order valence-corrected chi connectivity index (χ2v) is 10.0.